The molecule has 2 aromatic carbocycles. The van der Waals surface area contributed by atoms with E-state index >= 15 is 0 Å². The summed E-state index contributed by atoms with van der Waals surface area (Å²) >= 11 is 0. The Kier molecular flexibility index (Phi) is 9.63. The van der Waals surface area contributed by atoms with Crippen molar-refractivity contribution in [2.24, 2.45) is 0 Å². The number of aromatic nitrogens is 2. The molecule has 2 heterocycles. The average Bonchev–Trinajstić information content (AvgIpc) is 2.87. The Morgan fingerprint density at radius 2 is 1.31 bits per heavy atom. The lowest BCUT2D eigenvalue weighted by molar-refractivity contribution is -0.697. The van der Waals surface area contributed by atoms with E-state index in [1.807, 2.05) is 120 Å². The van der Waals surface area contributed by atoms with Crippen LogP contribution in [0.15, 0.2) is 104 Å². The van der Waals surface area contributed by atoms with Crippen molar-refractivity contribution in [1.82, 2.24) is 0 Å². The van der Waals surface area contributed by atoms with Crippen molar-refractivity contribution >= 4 is 23.0 Å². The predicted octanol–water partition coefficient (Wildman–Crippen LogP) is 3.53. The first-order valence-electron chi connectivity index (χ1n) is 11.5. The molecule has 0 spiro atoms. The maximum absolute atomic E-state index is 11.9. The minimum absolute atomic E-state index is 0.0126. The molecule has 0 aliphatic carbocycles. The minimum atomic E-state index is 0.0126. The molecule has 4 rings (SSSR count). The molecule has 0 aliphatic heterocycles. The standard InChI is InChI=1S/C15H17N3O.C13H14N2O/c1-12-4-2-3-5-14(12)17-15(19)8-11-18-9-6-13(16)7-10-18;14-12-6-8-15(9-7-12)10-11-16-13-4-2-1-3-5-13/h2-7,9-10,16H,8,11H2,1H3,(H,17,19);1-9,14H,10-11H2/p+2. The molecule has 0 atom stereocenters. The number of nitrogens with zero attached hydrogens (tertiary/aromatic N) is 2. The van der Waals surface area contributed by atoms with Gasteiger partial charge in [0.25, 0.3) is 0 Å². The van der Waals surface area contributed by atoms with Gasteiger partial charge in [0.1, 0.15) is 12.4 Å². The molecule has 0 fully saturated rings. The highest BCUT2D eigenvalue weighted by atomic mass is 16.5. The van der Waals surface area contributed by atoms with Crippen molar-refractivity contribution in [2.75, 3.05) is 23.4 Å². The van der Waals surface area contributed by atoms with Crippen LogP contribution in [0, 0.1) is 6.92 Å². The van der Waals surface area contributed by atoms with Crippen LogP contribution in [0.25, 0.3) is 0 Å². The number of anilines is 3. The fourth-order valence-corrected chi connectivity index (χ4v) is 3.18. The fourth-order valence-electron chi connectivity index (χ4n) is 3.18. The molecule has 7 heteroatoms. The number of amides is 1. The quantitative estimate of drug-likeness (QED) is 0.343. The molecule has 35 heavy (non-hydrogen) atoms. The van der Waals surface area contributed by atoms with Crippen molar-refractivity contribution < 1.29 is 18.7 Å². The van der Waals surface area contributed by atoms with E-state index in [0.29, 0.717) is 19.6 Å². The minimum Gasteiger partial charge on any atom is -0.487 e. The summed E-state index contributed by atoms with van der Waals surface area (Å²) in [6, 6.07) is 24.9. The van der Waals surface area contributed by atoms with E-state index in [4.69, 9.17) is 16.2 Å². The molecule has 180 valence electrons. The van der Waals surface area contributed by atoms with Gasteiger partial charge in [0, 0.05) is 41.3 Å². The van der Waals surface area contributed by atoms with Gasteiger partial charge in [-0.05, 0) is 30.7 Å². The zero-order valence-corrected chi connectivity index (χ0v) is 20.0. The summed E-state index contributed by atoms with van der Waals surface area (Å²) in [4.78, 5) is 11.9. The number of para-hydroxylation sites is 2. The van der Waals surface area contributed by atoms with Gasteiger partial charge in [-0.3, -0.25) is 4.79 Å². The van der Waals surface area contributed by atoms with Crippen LogP contribution < -0.4 is 30.7 Å². The largest absolute Gasteiger partial charge is 0.487 e. The first-order valence-corrected chi connectivity index (χ1v) is 11.5. The summed E-state index contributed by atoms with van der Waals surface area (Å²) in [7, 11) is 0. The van der Waals surface area contributed by atoms with Crippen molar-refractivity contribution in [3.63, 3.8) is 0 Å². The Balaban J connectivity index is 0.000000198. The third kappa shape index (κ3) is 9.17. The van der Waals surface area contributed by atoms with Crippen LogP contribution in [0.2, 0.25) is 0 Å². The Hall–Kier alpha value is -4.39. The van der Waals surface area contributed by atoms with Crippen LogP contribution in [0.1, 0.15) is 12.0 Å². The number of hydrogen-bond donors (Lipinski definition) is 3. The summed E-state index contributed by atoms with van der Waals surface area (Å²) in [5.74, 6) is 0.914. The number of pyridine rings is 2. The topological polar surface area (TPSA) is 98.1 Å². The third-order valence-electron chi connectivity index (χ3n) is 5.21. The van der Waals surface area contributed by atoms with Gasteiger partial charge in [0.05, 0.1) is 6.42 Å². The molecule has 5 N–H and O–H groups in total. The SMILES string of the molecule is Cc1ccccc1NC(=O)CC[n+]1ccc(N)cc1.Nc1cc[n+](CCOc2ccccc2)cc1. The van der Waals surface area contributed by atoms with Crippen LogP contribution in [0.5, 0.6) is 5.75 Å². The smallest absolute Gasteiger partial charge is 0.230 e. The molecule has 0 unspecified atom stereocenters. The molecular weight excluding hydrogens is 438 g/mol. The van der Waals surface area contributed by atoms with Crippen LogP contribution >= 0.6 is 0 Å². The summed E-state index contributed by atoms with van der Waals surface area (Å²) in [5.41, 5.74) is 14.6. The molecule has 0 aliphatic rings. The summed E-state index contributed by atoms with van der Waals surface area (Å²) in [6.45, 7) is 4.08. The van der Waals surface area contributed by atoms with Gasteiger partial charge >= 0.3 is 0 Å². The van der Waals surface area contributed by atoms with Crippen LogP contribution in [0.4, 0.5) is 17.1 Å². The van der Waals surface area contributed by atoms with E-state index in [0.717, 1.165) is 34.9 Å². The van der Waals surface area contributed by atoms with Crippen molar-refractivity contribution in [1.29, 1.82) is 0 Å². The van der Waals surface area contributed by atoms with E-state index in [-0.39, 0.29) is 5.91 Å². The van der Waals surface area contributed by atoms with Crippen molar-refractivity contribution in [3.8, 4) is 5.75 Å². The Morgan fingerprint density at radius 1 is 0.771 bits per heavy atom. The number of hydrogen-bond acceptors (Lipinski definition) is 4. The molecular formula is C28H33N5O2+2. The highest BCUT2D eigenvalue weighted by Gasteiger charge is 2.08. The zero-order valence-electron chi connectivity index (χ0n) is 20.0. The second-order valence-corrected chi connectivity index (χ2v) is 8.01. The number of ether oxygens (including phenoxy) is 1. The molecule has 0 radical (unpaired) electrons. The third-order valence-corrected chi connectivity index (χ3v) is 5.21. The van der Waals surface area contributed by atoms with Gasteiger partial charge in [0.15, 0.2) is 37.9 Å². The van der Waals surface area contributed by atoms with Crippen molar-refractivity contribution in [2.45, 2.75) is 26.4 Å². The van der Waals surface area contributed by atoms with E-state index in [9.17, 15) is 4.79 Å². The Labute approximate surface area is 206 Å². The van der Waals surface area contributed by atoms with E-state index < -0.39 is 0 Å². The van der Waals surface area contributed by atoms with Gasteiger partial charge < -0.3 is 21.5 Å². The number of nitrogen functional groups attached to an aromatic ring is 2. The van der Waals surface area contributed by atoms with Crippen LogP contribution in [-0.4, -0.2) is 12.5 Å². The lowest BCUT2D eigenvalue weighted by atomic mass is 10.2. The Bertz CT molecular complexity index is 1180. The molecule has 7 nitrogen and oxygen atoms in total. The predicted molar refractivity (Wildman–Crippen MR) is 138 cm³/mol. The number of rotatable bonds is 8. The fraction of sp³-hybridized carbons (Fsp3) is 0.179. The average molecular weight is 472 g/mol. The molecule has 0 saturated heterocycles. The summed E-state index contributed by atoms with van der Waals surface area (Å²) in [6.07, 6.45) is 8.07. The van der Waals surface area contributed by atoms with E-state index in [1.165, 1.54) is 0 Å². The van der Waals surface area contributed by atoms with Gasteiger partial charge in [0.2, 0.25) is 5.91 Å². The van der Waals surface area contributed by atoms with Crippen LogP contribution in [0.3, 0.4) is 0 Å². The second-order valence-electron chi connectivity index (χ2n) is 8.01. The maximum Gasteiger partial charge on any atom is 0.230 e. The number of nitrogens with two attached hydrogens (primary N) is 2. The number of benzene rings is 2. The van der Waals surface area contributed by atoms with Gasteiger partial charge in [-0.15, -0.1) is 0 Å². The number of carbonyl (C=O) groups is 1. The number of nitrogens with one attached hydrogen (secondary N) is 1. The number of carbonyl (C=O) groups excluding carboxylic acids is 1. The highest BCUT2D eigenvalue weighted by molar-refractivity contribution is 5.91. The normalized spacial score (nSPS) is 10.1. The van der Waals surface area contributed by atoms with Gasteiger partial charge in [-0.1, -0.05) is 36.4 Å². The molecule has 2 aromatic heterocycles. The molecule has 4 aromatic rings. The first kappa shape index (κ1) is 25.2. The van der Waals surface area contributed by atoms with Gasteiger partial charge in [-0.25, -0.2) is 9.13 Å². The molecule has 1 amide bonds. The molecule has 0 saturated carbocycles. The highest BCUT2D eigenvalue weighted by Crippen LogP contribution is 2.13. The Morgan fingerprint density at radius 3 is 1.91 bits per heavy atom. The zero-order chi connectivity index (χ0) is 24.9. The maximum atomic E-state index is 11.9. The summed E-state index contributed by atoms with van der Waals surface area (Å²) < 4.78 is 9.57. The van der Waals surface area contributed by atoms with E-state index in [1.54, 1.807) is 0 Å². The van der Waals surface area contributed by atoms with Crippen molar-refractivity contribution in [3.05, 3.63) is 109 Å². The second kappa shape index (κ2) is 13.3. The van der Waals surface area contributed by atoms with Gasteiger partial charge in [-0.2, -0.15) is 0 Å². The lowest BCUT2D eigenvalue weighted by Gasteiger charge is -2.06. The monoisotopic (exact) mass is 471 g/mol. The number of aryl methyl sites for hydroxylation is 2. The summed E-state index contributed by atoms with van der Waals surface area (Å²) in [5, 5.41) is 2.91. The lowest BCUT2D eigenvalue weighted by Crippen LogP contribution is -2.35. The van der Waals surface area contributed by atoms with Crippen LogP contribution in [-0.2, 0) is 17.9 Å². The molecule has 0 bridgehead atoms. The van der Waals surface area contributed by atoms with E-state index in [2.05, 4.69) is 5.32 Å². The first-order chi connectivity index (χ1) is 17.0.